The highest BCUT2D eigenvalue weighted by atomic mass is 14.9. The van der Waals surface area contributed by atoms with E-state index in [2.05, 4.69) is 44.6 Å². The molecule has 1 N–H and O–H groups in total. The fraction of sp³-hybridized carbons (Fsp3) is 0.727. The Hall–Kier alpha value is -0.790. The fourth-order valence-electron chi connectivity index (χ4n) is 1.42. The van der Waals surface area contributed by atoms with E-state index in [4.69, 9.17) is 0 Å². The Bertz CT molecular complexity index is 271. The van der Waals surface area contributed by atoms with Crippen LogP contribution in [0.1, 0.15) is 46.0 Å². The van der Waals surface area contributed by atoms with Gasteiger partial charge in [-0.25, -0.2) is 4.98 Å². The van der Waals surface area contributed by atoms with Crippen LogP contribution in [-0.4, -0.2) is 9.97 Å². The first-order valence-electron chi connectivity index (χ1n) is 5.02. The summed E-state index contributed by atoms with van der Waals surface area (Å²) >= 11 is 0. The van der Waals surface area contributed by atoms with Crippen molar-refractivity contribution in [3.8, 4) is 0 Å². The summed E-state index contributed by atoms with van der Waals surface area (Å²) in [7, 11) is 0. The van der Waals surface area contributed by atoms with Gasteiger partial charge in [0.05, 0.1) is 12.0 Å². The van der Waals surface area contributed by atoms with Crippen molar-refractivity contribution in [3.63, 3.8) is 0 Å². The number of aromatic amines is 1. The molecule has 0 aromatic carbocycles. The summed E-state index contributed by atoms with van der Waals surface area (Å²) in [5.41, 5.74) is 2.68. The second-order valence-electron chi connectivity index (χ2n) is 4.46. The Labute approximate surface area is 80.8 Å². The molecule has 0 saturated carbocycles. The van der Waals surface area contributed by atoms with E-state index in [0.29, 0.717) is 5.92 Å². The molecule has 1 aromatic heterocycles. The number of H-pyrrole nitrogens is 1. The Balaban J connectivity index is 3.06. The van der Waals surface area contributed by atoms with Gasteiger partial charge in [0.15, 0.2) is 0 Å². The highest BCUT2D eigenvalue weighted by Crippen LogP contribution is 2.31. The lowest BCUT2D eigenvalue weighted by molar-refractivity contribution is 0.361. The van der Waals surface area contributed by atoms with Crippen LogP contribution in [0.15, 0.2) is 6.33 Å². The molecular weight excluding hydrogens is 160 g/mol. The van der Waals surface area contributed by atoms with E-state index in [1.165, 1.54) is 11.4 Å². The zero-order valence-electron chi connectivity index (χ0n) is 9.31. The minimum Gasteiger partial charge on any atom is -0.348 e. The zero-order valence-corrected chi connectivity index (χ0v) is 9.31. The Morgan fingerprint density at radius 3 is 2.54 bits per heavy atom. The van der Waals surface area contributed by atoms with E-state index in [9.17, 15) is 0 Å². The van der Waals surface area contributed by atoms with Crippen molar-refractivity contribution in [3.05, 3.63) is 17.7 Å². The molecule has 0 atom stereocenters. The largest absolute Gasteiger partial charge is 0.348 e. The molecule has 74 valence electrons. The summed E-state index contributed by atoms with van der Waals surface area (Å²) in [4.78, 5) is 7.63. The molecule has 0 aliphatic carbocycles. The highest BCUT2D eigenvalue weighted by molar-refractivity contribution is 5.21. The summed E-state index contributed by atoms with van der Waals surface area (Å²) < 4.78 is 0. The Morgan fingerprint density at radius 2 is 2.08 bits per heavy atom. The monoisotopic (exact) mass is 180 g/mol. The normalized spacial score (nSPS) is 12.5. The van der Waals surface area contributed by atoms with E-state index in [1.807, 2.05) is 0 Å². The fourth-order valence-corrected chi connectivity index (χ4v) is 1.42. The number of nitrogens with zero attached hydrogens (tertiary/aromatic N) is 1. The molecule has 13 heavy (non-hydrogen) atoms. The van der Waals surface area contributed by atoms with Crippen LogP contribution in [0.3, 0.4) is 0 Å². The molecule has 2 heteroatoms. The number of rotatable bonds is 3. The molecule has 0 amide bonds. The molecule has 1 heterocycles. The van der Waals surface area contributed by atoms with Crippen LogP contribution in [-0.2, 0) is 11.8 Å². The number of aromatic nitrogens is 2. The van der Waals surface area contributed by atoms with Crippen molar-refractivity contribution in [1.29, 1.82) is 0 Å². The first-order valence-corrected chi connectivity index (χ1v) is 5.02. The smallest absolute Gasteiger partial charge is 0.0925 e. The van der Waals surface area contributed by atoms with Crippen LogP contribution in [0.5, 0.6) is 0 Å². The van der Waals surface area contributed by atoms with Crippen molar-refractivity contribution in [2.45, 2.75) is 46.5 Å². The number of hydrogen-bond donors (Lipinski definition) is 1. The first-order chi connectivity index (χ1) is 6.00. The molecular formula is C11H20N2. The highest BCUT2D eigenvalue weighted by Gasteiger charge is 2.28. The maximum atomic E-state index is 4.42. The number of imidazole rings is 1. The van der Waals surface area contributed by atoms with Crippen molar-refractivity contribution in [1.82, 2.24) is 9.97 Å². The second kappa shape index (κ2) is 3.52. The van der Waals surface area contributed by atoms with E-state index in [1.54, 1.807) is 6.33 Å². The third-order valence-corrected chi connectivity index (χ3v) is 3.13. The molecule has 0 saturated heterocycles. The van der Waals surface area contributed by atoms with Gasteiger partial charge in [-0.2, -0.15) is 0 Å². The molecule has 0 fully saturated rings. The number of nitrogens with one attached hydrogen (secondary N) is 1. The van der Waals surface area contributed by atoms with E-state index in [0.717, 1.165) is 6.42 Å². The summed E-state index contributed by atoms with van der Waals surface area (Å²) in [6, 6.07) is 0. The lowest BCUT2D eigenvalue weighted by Crippen LogP contribution is -2.26. The van der Waals surface area contributed by atoms with Gasteiger partial charge >= 0.3 is 0 Å². The van der Waals surface area contributed by atoms with Crippen molar-refractivity contribution in [2.75, 3.05) is 0 Å². The molecule has 0 radical (unpaired) electrons. The van der Waals surface area contributed by atoms with Crippen molar-refractivity contribution < 1.29 is 0 Å². The standard InChI is InChI=1S/C11H20N2/c1-6-9-10(13-7-12-9)11(4,5)8(2)3/h7-8H,6H2,1-5H3,(H,12,13). The summed E-state index contributed by atoms with van der Waals surface area (Å²) in [6.07, 6.45) is 2.84. The van der Waals surface area contributed by atoms with Gasteiger partial charge in [0, 0.05) is 11.1 Å². The van der Waals surface area contributed by atoms with Gasteiger partial charge in [-0.1, -0.05) is 34.6 Å². The van der Waals surface area contributed by atoms with Crippen LogP contribution in [0.2, 0.25) is 0 Å². The maximum Gasteiger partial charge on any atom is 0.0925 e. The minimum atomic E-state index is 0.172. The predicted molar refractivity (Wildman–Crippen MR) is 55.8 cm³/mol. The number of hydrogen-bond acceptors (Lipinski definition) is 1. The van der Waals surface area contributed by atoms with Gasteiger partial charge < -0.3 is 4.98 Å². The molecule has 0 aliphatic rings. The third kappa shape index (κ3) is 1.77. The van der Waals surface area contributed by atoms with Gasteiger partial charge in [-0.15, -0.1) is 0 Å². The molecule has 0 unspecified atom stereocenters. The average molecular weight is 180 g/mol. The van der Waals surface area contributed by atoms with Crippen LogP contribution >= 0.6 is 0 Å². The van der Waals surface area contributed by atoms with Crippen LogP contribution in [0.4, 0.5) is 0 Å². The summed E-state index contributed by atoms with van der Waals surface area (Å²) in [5.74, 6) is 0.612. The average Bonchev–Trinajstić information content (AvgIpc) is 2.51. The Morgan fingerprint density at radius 1 is 1.46 bits per heavy atom. The third-order valence-electron chi connectivity index (χ3n) is 3.13. The number of aryl methyl sites for hydroxylation is 1. The SMILES string of the molecule is CCc1[nH]cnc1C(C)(C)C(C)C. The Kier molecular flexibility index (Phi) is 2.79. The lowest BCUT2D eigenvalue weighted by Gasteiger charge is -2.28. The van der Waals surface area contributed by atoms with E-state index in [-0.39, 0.29) is 5.41 Å². The molecule has 0 spiro atoms. The van der Waals surface area contributed by atoms with Gasteiger partial charge in [-0.05, 0) is 12.3 Å². The molecule has 2 nitrogen and oxygen atoms in total. The second-order valence-corrected chi connectivity index (χ2v) is 4.46. The summed E-state index contributed by atoms with van der Waals surface area (Å²) in [6.45, 7) is 11.2. The molecule has 0 aliphatic heterocycles. The maximum absolute atomic E-state index is 4.42. The van der Waals surface area contributed by atoms with Gasteiger partial charge in [-0.3, -0.25) is 0 Å². The predicted octanol–water partition coefficient (Wildman–Crippen LogP) is 2.91. The lowest BCUT2D eigenvalue weighted by atomic mass is 9.77. The van der Waals surface area contributed by atoms with Gasteiger partial charge in [0.1, 0.15) is 0 Å². The summed E-state index contributed by atoms with van der Waals surface area (Å²) in [5, 5.41) is 0. The van der Waals surface area contributed by atoms with Crippen LogP contribution < -0.4 is 0 Å². The van der Waals surface area contributed by atoms with Crippen LogP contribution in [0, 0.1) is 5.92 Å². The first kappa shape index (κ1) is 10.3. The van der Waals surface area contributed by atoms with E-state index >= 15 is 0 Å². The quantitative estimate of drug-likeness (QED) is 0.761. The zero-order chi connectivity index (χ0) is 10.1. The minimum absolute atomic E-state index is 0.172. The molecule has 1 rings (SSSR count). The van der Waals surface area contributed by atoms with Crippen molar-refractivity contribution >= 4 is 0 Å². The topological polar surface area (TPSA) is 28.7 Å². The van der Waals surface area contributed by atoms with Crippen LogP contribution in [0.25, 0.3) is 0 Å². The molecule has 1 aromatic rings. The van der Waals surface area contributed by atoms with E-state index < -0.39 is 0 Å². The van der Waals surface area contributed by atoms with Gasteiger partial charge in [0.25, 0.3) is 0 Å². The molecule has 0 bridgehead atoms. The van der Waals surface area contributed by atoms with Crippen molar-refractivity contribution in [2.24, 2.45) is 5.92 Å². The van der Waals surface area contributed by atoms with Gasteiger partial charge in [0.2, 0.25) is 0 Å².